The normalized spacial score (nSPS) is 24.6. The van der Waals surface area contributed by atoms with Crippen molar-refractivity contribution >= 4 is 13.2 Å². The molecular formula is C24H34BNO4. The Bertz CT molecular complexity index is 781. The van der Waals surface area contributed by atoms with Crippen LogP contribution in [0.3, 0.4) is 0 Å². The molecule has 30 heavy (non-hydrogen) atoms. The van der Waals surface area contributed by atoms with Gasteiger partial charge in [-0.3, -0.25) is 0 Å². The van der Waals surface area contributed by atoms with Gasteiger partial charge in [-0.2, -0.15) is 0 Å². The van der Waals surface area contributed by atoms with E-state index in [0.29, 0.717) is 12.0 Å². The standard InChI is InChI=1S/C24H34BNO4/c1-22(2)23(3,4)30-25(29-22)20-10-12-24(13-11-20)14-16-26(17-15-24)21(27)28-18-19-8-6-5-7-9-19/h5-10H,11-18H2,1-4H3. The maximum absolute atomic E-state index is 12.4. The molecule has 0 N–H and O–H groups in total. The zero-order chi connectivity index (χ0) is 21.4. The first-order chi connectivity index (χ1) is 14.2. The van der Waals surface area contributed by atoms with Crippen LogP contribution in [0.25, 0.3) is 0 Å². The minimum atomic E-state index is -0.293. The summed E-state index contributed by atoms with van der Waals surface area (Å²) < 4.78 is 18.0. The smallest absolute Gasteiger partial charge is 0.445 e. The monoisotopic (exact) mass is 411 g/mol. The van der Waals surface area contributed by atoms with Crippen LogP contribution < -0.4 is 0 Å². The van der Waals surface area contributed by atoms with Crippen molar-refractivity contribution in [2.45, 2.75) is 77.6 Å². The lowest BCUT2D eigenvalue weighted by Crippen LogP contribution is -2.44. The predicted octanol–water partition coefficient (Wildman–Crippen LogP) is 5.15. The number of benzene rings is 1. The topological polar surface area (TPSA) is 48.0 Å². The van der Waals surface area contributed by atoms with Gasteiger partial charge in [0.2, 0.25) is 0 Å². The van der Waals surface area contributed by atoms with Crippen molar-refractivity contribution in [3.05, 3.63) is 47.4 Å². The molecule has 0 atom stereocenters. The molecule has 2 heterocycles. The SMILES string of the molecule is CC1(C)OB(C2=CCC3(CC2)CCN(C(=O)OCc2ccccc2)CC3)OC1(C)C. The molecule has 0 unspecified atom stereocenters. The van der Waals surface area contributed by atoms with Crippen LogP contribution in [0.1, 0.15) is 65.4 Å². The molecule has 2 saturated heterocycles. The average Bonchev–Trinajstić information content (AvgIpc) is 2.95. The quantitative estimate of drug-likeness (QED) is 0.646. The Morgan fingerprint density at radius 1 is 1.03 bits per heavy atom. The zero-order valence-corrected chi connectivity index (χ0v) is 18.8. The van der Waals surface area contributed by atoms with Gasteiger partial charge in [0.15, 0.2) is 0 Å². The van der Waals surface area contributed by atoms with Crippen LogP contribution in [0.2, 0.25) is 0 Å². The number of nitrogens with zero attached hydrogens (tertiary/aromatic N) is 1. The van der Waals surface area contributed by atoms with Crippen molar-refractivity contribution in [2.75, 3.05) is 13.1 Å². The summed E-state index contributed by atoms with van der Waals surface area (Å²) in [5.41, 5.74) is 2.01. The number of rotatable bonds is 3. The van der Waals surface area contributed by atoms with E-state index in [4.69, 9.17) is 14.0 Å². The first-order valence-electron chi connectivity index (χ1n) is 11.2. The van der Waals surface area contributed by atoms with E-state index >= 15 is 0 Å². The van der Waals surface area contributed by atoms with Crippen LogP contribution in [0.5, 0.6) is 0 Å². The minimum absolute atomic E-state index is 0.196. The molecule has 2 fully saturated rings. The van der Waals surface area contributed by atoms with Crippen molar-refractivity contribution < 1.29 is 18.8 Å². The van der Waals surface area contributed by atoms with Crippen LogP contribution in [0, 0.1) is 5.41 Å². The summed E-state index contributed by atoms with van der Waals surface area (Å²) in [5.74, 6) is 0. The second-order valence-electron chi connectivity index (χ2n) is 10.1. The van der Waals surface area contributed by atoms with E-state index in [-0.39, 0.29) is 24.4 Å². The summed E-state index contributed by atoms with van der Waals surface area (Å²) >= 11 is 0. The van der Waals surface area contributed by atoms with Crippen LogP contribution in [-0.2, 0) is 20.7 Å². The summed E-state index contributed by atoms with van der Waals surface area (Å²) in [5, 5.41) is 0. The molecule has 5 nitrogen and oxygen atoms in total. The molecule has 0 bridgehead atoms. The molecule has 1 aromatic carbocycles. The van der Waals surface area contributed by atoms with Gasteiger partial charge < -0.3 is 18.9 Å². The molecule has 4 rings (SSSR count). The maximum atomic E-state index is 12.4. The Balaban J connectivity index is 1.28. The largest absolute Gasteiger partial charge is 0.490 e. The summed E-state index contributed by atoms with van der Waals surface area (Å²) in [6.45, 7) is 10.3. The molecule has 2 aliphatic heterocycles. The Kier molecular flexibility index (Phi) is 5.75. The van der Waals surface area contributed by atoms with Gasteiger partial charge in [0.25, 0.3) is 0 Å². The van der Waals surface area contributed by atoms with Gasteiger partial charge in [-0.05, 0) is 76.2 Å². The van der Waals surface area contributed by atoms with E-state index in [1.165, 1.54) is 5.47 Å². The van der Waals surface area contributed by atoms with Gasteiger partial charge in [-0.1, -0.05) is 36.4 Å². The highest BCUT2D eigenvalue weighted by molar-refractivity contribution is 6.54. The lowest BCUT2D eigenvalue weighted by atomic mass is 9.63. The van der Waals surface area contributed by atoms with E-state index in [0.717, 1.165) is 50.8 Å². The van der Waals surface area contributed by atoms with Crippen molar-refractivity contribution in [3.63, 3.8) is 0 Å². The number of carbonyl (C=O) groups is 1. The number of allylic oxidation sites excluding steroid dienone is 2. The number of ether oxygens (including phenoxy) is 1. The third-order valence-corrected chi connectivity index (χ3v) is 7.58. The molecule has 0 saturated carbocycles. The Hall–Kier alpha value is -1.79. The zero-order valence-electron chi connectivity index (χ0n) is 18.8. The Morgan fingerprint density at radius 3 is 2.23 bits per heavy atom. The van der Waals surface area contributed by atoms with Crippen LogP contribution in [-0.4, -0.2) is 42.4 Å². The van der Waals surface area contributed by atoms with Crippen molar-refractivity contribution in [3.8, 4) is 0 Å². The van der Waals surface area contributed by atoms with Gasteiger partial charge in [0.05, 0.1) is 11.2 Å². The van der Waals surface area contributed by atoms with Crippen molar-refractivity contribution in [1.82, 2.24) is 4.90 Å². The summed E-state index contributed by atoms with van der Waals surface area (Å²) in [7, 11) is -0.222. The fourth-order valence-corrected chi connectivity index (χ4v) is 4.60. The second kappa shape index (κ2) is 8.05. The lowest BCUT2D eigenvalue weighted by molar-refractivity contribution is 0.00578. The highest BCUT2D eigenvalue weighted by atomic mass is 16.7. The molecule has 1 aromatic rings. The van der Waals surface area contributed by atoms with Crippen LogP contribution in [0.15, 0.2) is 41.9 Å². The number of amides is 1. The lowest BCUT2D eigenvalue weighted by Gasteiger charge is -2.43. The molecule has 0 radical (unpaired) electrons. The van der Waals surface area contributed by atoms with E-state index in [1.807, 2.05) is 35.2 Å². The number of hydrogen-bond donors (Lipinski definition) is 0. The number of piperidine rings is 1. The first-order valence-corrected chi connectivity index (χ1v) is 11.2. The van der Waals surface area contributed by atoms with Gasteiger partial charge >= 0.3 is 13.2 Å². The van der Waals surface area contributed by atoms with E-state index in [9.17, 15) is 4.79 Å². The van der Waals surface area contributed by atoms with Gasteiger partial charge in [-0.15, -0.1) is 0 Å². The molecule has 6 heteroatoms. The summed E-state index contributed by atoms with van der Waals surface area (Å²) in [6, 6.07) is 9.84. The molecule has 1 spiro atoms. The third kappa shape index (κ3) is 4.31. The number of carbonyl (C=O) groups excluding carboxylic acids is 1. The van der Waals surface area contributed by atoms with Crippen LogP contribution >= 0.6 is 0 Å². The summed E-state index contributed by atoms with van der Waals surface area (Å²) in [6.07, 6.45) is 7.39. The highest BCUT2D eigenvalue weighted by Gasteiger charge is 2.53. The first kappa shape index (κ1) is 21.4. The van der Waals surface area contributed by atoms with E-state index in [2.05, 4.69) is 33.8 Å². The summed E-state index contributed by atoms with van der Waals surface area (Å²) in [4.78, 5) is 14.3. The van der Waals surface area contributed by atoms with Gasteiger partial charge in [0.1, 0.15) is 6.61 Å². The molecular weight excluding hydrogens is 377 g/mol. The Morgan fingerprint density at radius 2 is 1.67 bits per heavy atom. The minimum Gasteiger partial charge on any atom is -0.445 e. The molecule has 3 aliphatic rings. The second-order valence-corrected chi connectivity index (χ2v) is 10.1. The molecule has 1 aliphatic carbocycles. The molecule has 162 valence electrons. The molecule has 0 aromatic heterocycles. The van der Waals surface area contributed by atoms with Gasteiger partial charge in [-0.25, -0.2) is 4.79 Å². The highest BCUT2D eigenvalue weighted by Crippen LogP contribution is 2.47. The van der Waals surface area contributed by atoms with Crippen molar-refractivity contribution in [1.29, 1.82) is 0 Å². The number of hydrogen-bond acceptors (Lipinski definition) is 4. The molecule has 1 amide bonds. The van der Waals surface area contributed by atoms with E-state index < -0.39 is 0 Å². The fourth-order valence-electron chi connectivity index (χ4n) is 4.60. The fraction of sp³-hybridized carbons (Fsp3) is 0.625. The number of likely N-dealkylation sites (tertiary alicyclic amines) is 1. The Labute approximate surface area is 180 Å². The average molecular weight is 411 g/mol. The van der Waals surface area contributed by atoms with Gasteiger partial charge in [0, 0.05) is 13.1 Å². The van der Waals surface area contributed by atoms with Crippen molar-refractivity contribution in [2.24, 2.45) is 5.41 Å². The van der Waals surface area contributed by atoms with Crippen LogP contribution in [0.4, 0.5) is 4.79 Å². The maximum Gasteiger partial charge on any atom is 0.490 e. The third-order valence-electron chi connectivity index (χ3n) is 7.58. The predicted molar refractivity (Wildman–Crippen MR) is 118 cm³/mol. The van der Waals surface area contributed by atoms with E-state index in [1.54, 1.807) is 0 Å².